The number of esters is 1. The fraction of sp³-hybridized carbons (Fsp3) is 0.654. The van der Waals surface area contributed by atoms with Gasteiger partial charge in [0, 0.05) is 6.42 Å². The summed E-state index contributed by atoms with van der Waals surface area (Å²) in [6, 6.07) is 0. The van der Waals surface area contributed by atoms with E-state index < -0.39 is 33.1 Å². The third-order valence-corrected chi connectivity index (χ3v) is 5.78. The summed E-state index contributed by atoms with van der Waals surface area (Å²) >= 11 is 0. The van der Waals surface area contributed by atoms with Crippen molar-refractivity contribution in [2.24, 2.45) is 0 Å². The second kappa shape index (κ2) is 20.6. The molecule has 0 aliphatic rings. The highest BCUT2D eigenvalue weighted by atomic mass is 31.2. The number of ether oxygens (including phenoxy) is 1. The van der Waals surface area contributed by atoms with E-state index in [2.05, 4.69) is 12.2 Å². The van der Waals surface area contributed by atoms with E-state index in [1.54, 1.807) is 0 Å². The Morgan fingerprint density at radius 3 is 2.17 bits per heavy atom. The van der Waals surface area contributed by atoms with Crippen LogP contribution >= 0.6 is 7.82 Å². The summed E-state index contributed by atoms with van der Waals surface area (Å²) in [5.74, 6) is -0.474. The molecule has 0 bridgehead atoms. The molecule has 202 valence electrons. The van der Waals surface area contributed by atoms with Crippen LogP contribution in [-0.4, -0.2) is 69.2 Å². The number of rotatable bonds is 21. The van der Waals surface area contributed by atoms with Crippen LogP contribution in [-0.2, 0) is 23.1 Å². The van der Waals surface area contributed by atoms with Crippen LogP contribution in [0.4, 0.5) is 0 Å². The van der Waals surface area contributed by atoms with Gasteiger partial charge < -0.3 is 28.3 Å². The molecule has 0 aromatic carbocycles. The molecule has 0 aromatic rings. The lowest BCUT2D eigenvalue weighted by Gasteiger charge is -2.28. The predicted octanol–water partition coefficient (Wildman–Crippen LogP) is 4.46. The van der Waals surface area contributed by atoms with E-state index in [4.69, 9.17) is 13.8 Å². The van der Waals surface area contributed by atoms with Crippen molar-refractivity contribution < 1.29 is 37.6 Å². The van der Waals surface area contributed by atoms with Gasteiger partial charge in [-0.2, -0.15) is 0 Å². The highest BCUT2D eigenvalue weighted by molar-refractivity contribution is 7.45. The molecule has 0 spiro atoms. The number of quaternary nitrogens is 1. The molecule has 1 N–H and O–H groups in total. The number of likely N-dealkylation sites (N-methyl/N-ethyl adjacent to an activating group) is 1. The third kappa shape index (κ3) is 24.0. The molecule has 0 saturated heterocycles. The second-order valence-corrected chi connectivity index (χ2v) is 10.7. The monoisotopic (exact) mass is 515 g/mol. The minimum Gasteiger partial charge on any atom is -0.756 e. The molecule has 2 unspecified atom stereocenters. The quantitative estimate of drug-likeness (QED) is 0.0791. The first-order valence-corrected chi connectivity index (χ1v) is 13.9. The van der Waals surface area contributed by atoms with Crippen LogP contribution < -0.4 is 4.89 Å². The van der Waals surface area contributed by atoms with Crippen molar-refractivity contribution >= 4 is 13.8 Å². The maximum Gasteiger partial charge on any atom is 0.306 e. The molecule has 0 aliphatic heterocycles. The summed E-state index contributed by atoms with van der Waals surface area (Å²) in [5.41, 5.74) is 0. The van der Waals surface area contributed by atoms with Gasteiger partial charge in [0.15, 0.2) is 0 Å². The first kappa shape index (κ1) is 33.5. The first-order chi connectivity index (χ1) is 16.6. The molecule has 2 atom stereocenters. The largest absolute Gasteiger partial charge is 0.756 e. The number of carbonyl (C=O) groups excluding carboxylic acids is 1. The molecule has 8 nitrogen and oxygen atoms in total. The van der Waals surface area contributed by atoms with Gasteiger partial charge in [-0.15, -0.1) is 0 Å². The zero-order valence-electron chi connectivity index (χ0n) is 22.0. The smallest absolute Gasteiger partial charge is 0.306 e. The van der Waals surface area contributed by atoms with E-state index in [1.165, 1.54) is 0 Å². The number of unbranched alkanes of at least 4 members (excludes halogenated alkanes) is 6. The van der Waals surface area contributed by atoms with Crippen LogP contribution in [0.1, 0.15) is 58.3 Å². The Morgan fingerprint density at radius 1 is 0.943 bits per heavy atom. The van der Waals surface area contributed by atoms with E-state index in [1.807, 2.05) is 64.5 Å². The lowest BCUT2D eigenvalue weighted by Crippen LogP contribution is -2.37. The van der Waals surface area contributed by atoms with E-state index in [0.717, 1.165) is 38.5 Å². The van der Waals surface area contributed by atoms with Crippen molar-refractivity contribution in [3.8, 4) is 0 Å². The average Bonchev–Trinajstić information content (AvgIpc) is 2.78. The first-order valence-electron chi connectivity index (χ1n) is 12.4. The molecule has 0 saturated carbocycles. The number of hydrogen-bond donors (Lipinski definition) is 1. The number of phosphoric acid groups is 1. The van der Waals surface area contributed by atoms with Crippen LogP contribution in [0.3, 0.4) is 0 Å². The highest BCUT2D eigenvalue weighted by Crippen LogP contribution is 2.38. The number of allylic oxidation sites excluding steroid dienone is 8. The van der Waals surface area contributed by atoms with Crippen molar-refractivity contribution in [3.05, 3.63) is 48.6 Å². The minimum absolute atomic E-state index is 0.0168. The maximum atomic E-state index is 12.0. The number of aliphatic hydroxyl groups excluding tert-OH is 1. The Bertz CT molecular complexity index is 711. The van der Waals surface area contributed by atoms with Gasteiger partial charge in [-0.1, -0.05) is 74.3 Å². The standard InChI is InChI=1S/C26H46NO7P/c1-5-6-7-8-9-10-11-12-13-14-15-16-17-18-19-20-26(29)34-25(23-28)24-33-35(30,31)32-22-21-27(2,3)4/h5-12,25,28H,13-24H2,1-4H3/b6-5+,8-7+,10-9+,12-11+. The Labute approximate surface area is 212 Å². The van der Waals surface area contributed by atoms with Crippen LogP contribution in [0.25, 0.3) is 0 Å². The predicted molar refractivity (Wildman–Crippen MR) is 139 cm³/mol. The van der Waals surface area contributed by atoms with Crippen molar-refractivity contribution in [1.82, 2.24) is 0 Å². The molecule has 0 aromatic heterocycles. The Kier molecular flexibility index (Phi) is 19.7. The molecule has 0 aliphatic carbocycles. The fourth-order valence-corrected chi connectivity index (χ4v) is 3.52. The van der Waals surface area contributed by atoms with Crippen molar-refractivity contribution in [2.75, 3.05) is 47.5 Å². The number of phosphoric ester groups is 1. The summed E-state index contributed by atoms with van der Waals surface area (Å²) < 4.78 is 27.0. The van der Waals surface area contributed by atoms with E-state index in [0.29, 0.717) is 17.4 Å². The third-order valence-electron chi connectivity index (χ3n) is 4.82. The Morgan fingerprint density at radius 2 is 1.54 bits per heavy atom. The van der Waals surface area contributed by atoms with Crippen molar-refractivity contribution in [2.45, 2.75) is 64.4 Å². The lowest BCUT2D eigenvalue weighted by molar-refractivity contribution is -0.870. The van der Waals surface area contributed by atoms with Crippen LogP contribution in [0.5, 0.6) is 0 Å². The zero-order chi connectivity index (χ0) is 26.4. The second-order valence-electron chi connectivity index (χ2n) is 9.27. The normalized spacial score (nSPS) is 15.5. The van der Waals surface area contributed by atoms with Crippen LogP contribution in [0.2, 0.25) is 0 Å². The van der Waals surface area contributed by atoms with E-state index >= 15 is 0 Å². The van der Waals surface area contributed by atoms with Crippen molar-refractivity contribution in [1.29, 1.82) is 0 Å². The summed E-state index contributed by atoms with van der Waals surface area (Å²) in [7, 11) is 1.21. The maximum absolute atomic E-state index is 12.0. The fourth-order valence-electron chi connectivity index (χ4n) is 2.79. The Balaban J connectivity index is 3.84. The van der Waals surface area contributed by atoms with Gasteiger partial charge in [0.05, 0.1) is 34.4 Å². The van der Waals surface area contributed by atoms with Gasteiger partial charge in [0.1, 0.15) is 19.3 Å². The molecule has 0 rings (SSSR count). The number of hydrogen-bond acceptors (Lipinski definition) is 7. The minimum atomic E-state index is -4.52. The molecule has 35 heavy (non-hydrogen) atoms. The van der Waals surface area contributed by atoms with Gasteiger partial charge in [0.25, 0.3) is 7.82 Å². The number of carbonyl (C=O) groups is 1. The molecule has 0 heterocycles. The molecular formula is C26H46NO7P. The number of nitrogens with zero attached hydrogens (tertiary/aromatic N) is 1. The van der Waals surface area contributed by atoms with Crippen LogP contribution in [0, 0.1) is 0 Å². The molecule has 9 heteroatoms. The molecular weight excluding hydrogens is 469 g/mol. The summed E-state index contributed by atoms with van der Waals surface area (Å²) in [5, 5.41) is 9.35. The van der Waals surface area contributed by atoms with Gasteiger partial charge in [-0.3, -0.25) is 9.36 Å². The summed E-state index contributed by atoms with van der Waals surface area (Å²) in [4.78, 5) is 23.8. The average molecular weight is 516 g/mol. The molecule has 0 fully saturated rings. The molecule has 0 amide bonds. The van der Waals surface area contributed by atoms with Crippen molar-refractivity contribution in [3.63, 3.8) is 0 Å². The van der Waals surface area contributed by atoms with Gasteiger partial charge in [-0.25, -0.2) is 0 Å². The van der Waals surface area contributed by atoms with Gasteiger partial charge >= 0.3 is 5.97 Å². The SMILES string of the molecule is C/C=C/C=C/C=C/C=C/CCCCCCCCC(=O)OC(CO)COP(=O)([O-])OCC[N+](C)(C)C. The summed E-state index contributed by atoms with van der Waals surface area (Å²) in [6.45, 7) is 1.46. The topological polar surface area (TPSA) is 105 Å². The Hall–Kier alpha value is -1.54. The van der Waals surface area contributed by atoms with Gasteiger partial charge in [0.2, 0.25) is 0 Å². The van der Waals surface area contributed by atoms with E-state index in [9.17, 15) is 19.4 Å². The zero-order valence-corrected chi connectivity index (χ0v) is 22.9. The lowest BCUT2D eigenvalue weighted by atomic mass is 10.1. The van der Waals surface area contributed by atoms with E-state index in [-0.39, 0.29) is 13.0 Å². The number of aliphatic hydroxyl groups is 1. The van der Waals surface area contributed by atoms with Gasteiger partial charge in [-0.05, 0) is 26.2 Å². The summed E-state index contributed by atoms with van der Waals surface area (Å²) in [6.07, 6.45) is 22.5. The van der Waals surface area contributed by atoms with Crippen LogP contribution in [0.15, 0.2) is 48.6 Å². The molecule has 0 radical (unpaired) electrons. The highest BCUT2D eigenvalue weighted by Gasteiger charge is 2.19.